The number of ether oxygens (including phenoxy) is 5. The third kappa shape index (κ3) is 22.4. The number of aromatic nitrogens is 15. The van der Waals surface area contributed by atoms with Crippen molar-refractivity contribution in [3.63, 3.8) is 0 Å². The summed E-state index contributed by atoms with van der Waals surface area (Å²) in [6.07, 6.45) is 16.5. The summed E-state index contributed by atoms with van der Waals surface area (Å²) in [6.45, 7) is 9.99. The van der Waals surface area contributed by atoms with Gasteiger partial charge in [0.25, 0.3) is 0 Å². The summed E-state index contributed by atoms with van der Waals surface area (Å²) in [4.78, 5) is 65.0. The van der Waals surface area contributed by atoms with Crippen molar-refractivity contribution in [3.05, 3.63) is 377 Å². The lowest BCUT2D eigenvalue weighted by Crippen LogP contribution is -2.05. The summed E-state index contributed by atoms with van der Waals surface area (Å²) in [5, 5.41) is 12.9. The van der Waals surface area contributed by atoms with Gasteiger partial charge in [-0.05, 0) is 204 Å². The molecule has 0 unspecified atom stereocenters. The highest BCUT2D eigenvalue weighted by Crippen LogP contribution is 2.41. The minimum absolute atomic E-state index is 0.00246. The number of rotatable bonds is 22. The molecule has 21 aromatic rings. The van der Waals surface area contributed by atoms with Crippen LogP contribution in [0, 0.1) is 11.3 Å². The molecular weight excluding hydrogens is 1730 g/mol. The Morgan fingerprint density at radius 1 is 0.273 bits per heavy atom. The smallest absolute Gasteiger partial charge is 0.174 e. The molecule has 0 fully saturated rings. The summed E-state index contributed by atoms with van der Waals surface area (Å²) < 4.78 is 28.0. The van der Waals surface area contributed by atoms with Crippen LogP contribution in [0.4, 0.5) is 29.1 Å². The van der Waals surface area contributed by atoms with Crippen molar-refractivity contribution in [3.8, 4) is 141 Å². The van der Waals surface area contributed by atoms with E-state index in [0.29, 0.717) is 60.6 Å². The van der Waals surface area contributed by atoms with Crippen LogP contribution in [0.5, 0.6) is 23.0 Å². The van der Waals surface area contributed by atoms with Crippen LogP contribution in [0.25, 0.3) is 166 Å². The van der Waals surface area contributed by atoms with Crippen LogP contribution in [-0.4, -0.2) is 108 Å². The molecule has 10 aromatic heterocycles. The monoisotopic (exact) mass is 1830 g/mol. The molecule has 21 rings (SSSR count). The Morgan fingerprint density at radius 2 is 0.576 bits per heavy atom. The Balaban J connectivity index is 0.000000120. The van der Waals surface area contributed by atoms with Crippen LogP contribution in [0.2, 0.25) is 0 Å². The number of hydrogen-bond acceptors (Lipinski definition) is 26. The zero-order chi connectivity index (χ0) is 95.9. The van der Waals surface area contributed by atoms with Gasteiger partial charge >= 0.3 is 0 Å². The van der Waals surface area contributed by atoms with Crippen LogP contribution < -0.4 is 47.6 Å². The van der Waals surface area contributed by atoms with E-state index in [1.165, 1.54) is 37.2 Å². The second-order valence-corrected chi connectivity index (χ2v) is 32.6. The Bertz CT molecular complexity index is 7990. The first kappa shape index (κ1) is 92.4. The number of benzene rings is 11. The Kier molecular flexibility index (Phi) is 29.2. The molecule has 0 spiro atoms. The average molecular weight is 1830 g/mol. The lowest BCUT2D eigenvalue weighted by atomic mass is 9.95. The highest BCUT2D eigenvalue weighted by atomic mass is 16.5. The topological polar surface area (TPSA) is 393 Å². The molecule has 26 nitrogen and oxygen atoms in total. The lowest BCUT2D eigenvalue weighted by Gasteiger charge is -2.13. The van der Waals surface area contributed by atoms with Crippen molar-refractivity contribution < 1.29 is 23.7 Å². The molecule has 0 radical (unpaired) electrons. The van der Waals surface area contributed by atoms with Crippen LogP contribution >= 0.6 is 0 Å². The van der Waals surface area contributed by atoms with Gasteiger partial charge in [-0.1, -0.05) is 172 Å². The second-order valence-electron chi connectivity index (χ2n) is 32.6. The van der Waals surface area contributed by atoms with Gasteiger partial charge in [0.15, 0.2) is 6.61 Å². The fourth-order valence-corrected chi connectivity index (χ4v) is 15.9. The average Bonchev–Trinajstić information content (AvgIpc) is 0.800. The van der Waals surface area contributed by atoms with Gasteiger partial charge in [-0.2, -0.15) is 5.26 Å². The van der Waals surface area contributed by atoms with E-state index in [2.05, 4.69) is 149 Å². The molecule has 10 N–H and O–H groups in total. The molecule has 0 aliphatic heterocycles. The molecule has 26 heteroatoms. The molecule has 0 saturated carbocycles. The van der Waals surface area contributed by atoms with Crippen molar-refractivity contribution in [2.45, 2.75) is 46.3 Å². The number of nitrogens with zero attached hydrogens (tertiary/aromatic N) is 16. The zero-order valence-electron chi connectivity index (χ0n) is 76.7. The van der Waals surface area contributed by atoms with Gasteiger partial charge in [-0.3, -0.25) is 24.9 Å². The van der Waals surface area contributed by atoms with E-state index in [1.54, 1.807) is 31.9 Å². The number of anilines is 5. The maximum absolute atomic E-state index is 8.71. The summed E-state index contributed by atoms with van der Waals surface area (Å²) in [5.74, 6) is 5.84. The predicted octanol–water partition coefficient (Wildman–Crippen LogP) is 23.1. The minimum Gasteiger partial charge on any atom is -0.491 e. The van der Waals surface area contributed by atoms with E-state index in [-0.39, 0.29) is 12.7 Å². The highest BCUT2D eigenvalue weighted by Gasteiger charge is 2.20. The maximum Gasteiger partial charge on any atom is 0.174 e. The molecule has 139 heavy (non-hydrogen) atoms. The molecular formula is C113H95N21O5. The number of fused-ring (bicyclic) bond motifs is 5. The van der Waals surface area contributed by atoms with Gasteiger partial charge in [0.05, 0.1) is 68.8 Å². The van der Waals surface area contributed by atoms with Crippen LogP contribution in [0.1, 0.15) is 44.7 Å². The maximum atomic E-state index is 8.71. The summed E-state index contributed by atoms with van der Waals surface area (Å²) in [5.41, 5.74) is 56.2. The number of hydrogen-bond donors (Lipinski definition) is 5. The number of nitrogens with two attached hydrogens (primary N) is 5. The van der Waals surface area contributed by atoms with Crippen LogP contribution in [0.15, 0.2) is 366 Å². The van der Waals surface area contributed by atoms with Gasteiger partial charge in [0.2, 0.25) is 0 Å². The largest absolute Gasteiger partial charge is 0.491 e. The first-order valence-corrected chi connectivity index (χ1v) is 44.8. The van der Waals surface area contributed by atoms with Crippen molar-refractivity contribution >= 4 is 83.6 Å². The van der Waals surface area contributed by atoms with E-state index >= 15 is 0 Å². The fraction of sp³-hybridized carbons (Fsp3) is 0.0973. The number of methoxy groups -OCH3 is 1. The van der Waals surface area contributed by atoms with E-state index in [1.807, 2.05) is 269 Å². The normalized spacial score (nSPS) is 10.9. The van der Waals surface area contributed by atoms with E-state index in [9.17, 15) is 0 Å². The Morgan fingerprint density at radius 3 is 0.892 bits per heavy atom. The van der Waals surface area contributed by atoms with Gasteiger partial charge in [-0.25, -0.2) is 49.8 Å². The number of nitrogen functional groups attached to an aromatic ring is 5. The zero-order valence-corrected chi connectivity index (χ0v) is 76.7. The van der Waals surface area contributed by atoms with Crippen molar-refractivity contribution in [2.75, 3.05) is 55.6 Å². The van der Waals surface area contributed by atoms with Gasteiger partial charge in [0.1, 0.15) is 103 Å². The van der Waals surface area contributed by atoms with E-state index in [4.69, 9.17) is 57.6 Å². The molecule has 0 bridgehead atoms. The van der Waals surface area contributed by atoms with Crippen LogP contribution in [0.3, 0.4) is 0 Å². The Labute approximate surface area is 802 Å². The molecule has 0 saturated heterocycles. The Hall–Kier alpha value is -18.5. The molecule has 11 aromatic carbocycles. The molecule has 0 aliphatic rings. The molecule has 682 valence electrons. The van der Waals surface area contributed by atoms with Crippen LogP contribution in [-0.2, 0) is 11.3 Å². The summed E-state index contributed by atoms with van der Waals surface area (Å²) >= 11 is 0. The SMILES string of the molecule is CC(C)Oc1cccc(-c2ncccc2-c2ccc3ncnc(N)c3c2)c1.CC(C)c1cccc(-c2ncccc2-c2ccc3ncnc(N)c3c2)c1.COCCOc1cccc(-c2ncccc2-c2ccc3ncnc(N)c3c2)c1.N#CCOc1cccc(-c2ncccc2-c2ccc3ncnc(N)c3c2)c1.Nc1ncnc2ccc(-c3cccnc3-c3cccc(OCc4ccccc4)c3)cc12. The lowest BCUT2D eigenvalue weighted by molar-refractivity contribution is 0.146. The first-order chi connectivity index (χ1) is 68.0. The standard InChI is InChI=1S/C26H20N4O.C22H20N4O2.C22H20N4O.C22H20N4.C21H15N5O/c27-26-23-15-19(11-12-24(23)29-17-30-26)22-10-5-13-28-25(22)20-8-4-9-21(14-20)31-16-18-6-2-1-3-7-18;1-27-10-11-28-17-5-2-4-16(12-17)21-18(6-3-9-24-21)15-7-8-20-19(13-15)22(23)26-14-25-20;1-14(2)27-17-6-3-5-16(11-17)21-18(7-4-10-24-21)15-8-9-20-19(12-15)22(23)26-13-25-20;1-14(2)15-5-3-6-17(11-15)21-18(7-4-10-24-21)16-8-9-20-19(12-16)22(23)26-13-25-20;22-8-10-27-16-4-1-3-15(11-16)20-17(5-2-9-24-20)14-6-7-19-18(12-14)21(23)26-13-25-19/h1-15,17H,16H2,(H2,27,29,30);2-9,12-14H,10-11H2,1H3,(H2,23,25,26);3-14H,1-2H3,(H2,23,25,26);3-14H,1-2H3,(H2,23,25,26);1-7,9,11-13H,10H2,(H2,23,25,26). The highest BCUT2D eigenvalue weighted by molar-refractivity contribution is 5.99. The van der Waals surface area contributed by atoms with Crippen molar-refractivity contribution in [2.24, 2.45) is 0 Å². The predicted molar refractivity (Wildman–Crippen MR) is 552 cm³/mol. The summed E-state index contributed by atoms with van der Waals surface area (Å²) in [6, 6.07) is 102. The van der Waals surface area contributed by atoms with Gasteiger partial charge < -0.3 is 52.4 Å². The summed E-state index contributed by atoms with van der Waals surface area (Å²) in [7, 11) is 1.65. The van der Waals surface area contributed by atoms with E-state index in [0.717, 1.165) is 189 Å². The molecule has 0 atom stereocenters. The van der Waals surface area contributed by atoms with Crippen molar-refractivity contribution in [1.82, 2.24) is 74.8 Å². The quantitative estimate of drug-likeness (QED) is 0.0393. The fourth-order valence-electron chi connectivity index (χ4n) is 15.9. The third-order valence-electron chi connectivity index (χ3n) is 22.7. The first-order valence-electron chi connectivity index (χ1n) is 44.8. The van der Waals surface area contributed by atoms with Gasteiger partial charge in [0, 0.05) is 121 Å². The molecule has 0 aliphatic carbocycles. The number of nitriles is 1. The second kappa shape index (κ2) is 43.9. The molecule has 0 amide bonds. The van der Waals surface area contributed by atoms with Gasteiger partial charge in [-0.15, -0.1) is 0 Å². The minimum atomic E-state index is 0.00246. The molecule has 10 heterocycles. The van der Waals surface area contributed by atoms with E-state index < -0.39 is 0 Å². The van der Waals surface area contributed by atoms with Crippen molar-refractivity contribution in [1.29, 1.82) is 5.26 Å². The number of pyridine rings is 5. The third-order valence-corrected chi connectivity index (χ3v) is 22.7.